The highest BCUT2D eigenvalue weighted by Crippen LogP contribution is 2.22. The molecule has 0 spiro atoms. The summed E-state index contributed by atoms with van der Waals surface area (Å²) in [5, 5.41) is 17.7. The van der Waals surface area contributed by atoms with Crippen LogP contribution in [0.25, 0.3) is 0 Å². The molecule has 0 aliphatic heterocycles. The van der Waals surface area contributed by atoms with Crippen molar-refractivity contribution in [1.29, 1.82) is 0 Å². The van der Waals surface area contributed by atoms with E-state index < -0.39 is 0 Å². The summed E-state index contributed by atoms with van der Waals surface area (Å²) in [7, 11) is 0. The molecule has 0 atom stereocenters. The number of aliphatic hydroxyl groups excluding tert-OH is 2. The smallest absolute Gasteiger partial charge is 0.0606 e. The van der Waals surface area contributed by atoms with Gasteiger partial charge in [0.1, 0.15) is 0 Å². The molecule has 1 aromatic carbocycles. The Bertz CT molecular complexity index is 312. The Kier molecular flexibility index (Phi) is 4.20. The Morgan fingerprint density at radius 2 is 1.60 bits per heavy atom. The molecule has 6 N–H and O–H groups in total. The number of rotatable bonds is 5. The predicted octanol–water partition coefficient (Wildman–Crippen LogP) is -0.358. The minimum Gasteiger partial charge on any atom is -0.397 e. The Morgan fingerprint density at radius 1 is 1.00 bits per heavy atom. The van der Waals surface area contributed by atoms with Crippen LogP contribution in [0.2, 0.25) is 0 Å². The molecule has 1 rings (SSSR count). The molecule has 0 heterocycles. The van der Waals surface area contributed by atoms with Crippen molar-refractivity contribution in [3.8, 4) is 0 Å². The number of nitrogens with zero attached hydrogens (tertiary/aromatic N) is 1. The minimum absolute atomic E-state index is 0.0320. The summed E-state index contributed by atoms with van der Waals surface area (Å²) in [6, 6.07) is 5.27. The lowest BCUT2D eigenvalue weighted by molar-refractivity contribution is 0.281. The number of aliphatic hydroxyl groups is 2. The Hall–Kier alpha value is -1.46. The van der Waals surface area contributed by atoms with Crippen molar-refractivity contribution in [2.45, 2.75) is 0 Å². The first-order valence-electron chi connectivity index (χ1n) is 4.80. The van der Waals surface area contributed by atoms with Crippen LogP contribution in [0, 0.1) is 0 Å². The first-order valence-corrected chi connectivity index (χ1v) is 4.80. The number of benzene rings is 1. The van der Waals surface area contributed by atoms with Gasteiger partial charge in [-0.25, -0.2) is 0 Å². The number of hydrogen-bond donors (Lipinski definition) is 4. The van der Waals surface area contributed by atoms with E-state index in [2.05, 4.69) is 0 Å². The molecule has 0 amide bonds. The van der Waals surface area contributed by atoms with E-state index >= 15 is 0 Å². The van der Waals surface area contributed by atoms with E-state index in [1.165, 1.54) is 0 Å². The van der Waals surface area contributed by atoms with Gasteiger partial charge < -0.3 is 26.6 Å². The van der Waals surface area contributed by atoms with Gasteiger partial charge in [0.25, 0.3) is 0 Å². The van der Waals surface area contributed by atoms with Crippen molar-refractivity contribution in [1.82, 2.24) is 0 Å². The molecule has 5 heteroatoms. The topological polar surface area (TPSA) is 95.7 Å². The molecule has 0 saturated carbocycles. The van der Waals surface area contributed by atoms with E-state index in [1.807, 2.05) is 11.0 Å². The quantitative estimate of drug-likeness (QED) is 0.499. The largest absolute Gasteiger partial charge is 0.397 e. The first kappa shape index (κ1) is 11.6. The van der Waals surface area contributed by atoms with Gasteiger partial charge in [-0.05, 0) is 18.2 Å². The molecule has 5 nitrogen and oxygen atoms in total. The second-order valence-electron chi connectivity index (χ2n) is 3.25. The molecule has 0 radical (unpaired) electrons. The lowest BCUT2D eigenvalue weighted by Crippen LogP contribution is -2.29. The first-order chi connectivity index (χ1) is 7.19. The van der Waals surface area contributed by atoms with E-state index in [0.29, 0.717) is 24.5 Å². The third-order valence-corrected chi connectivity index (χ3v) is 2.18. The van der Waals surface area contributed by atoms with Gasteiger partial charge in [0.05, 0.1) is 24.6 Å². The zero-order chi connectivity index (χ0) is 11.3. The zero-order valence-corrected chi connectivity index (χ0v) is 8.56. The van der Waals surface area contributed by atoms with Gasteiger partial charge in [0.2, 0.25) is 0 Å². The third-order valence-electron chi connectivity index (χ3n) is 2.18. The maximum Gasteiger partial charge on any atom is 0.0606 e. The molecular weight excluding hydrogens is 194 g/mol. The fraction of sp³-hybridized carbons (Fsp3) is 0.400. The summed E-state index contributed by atoms with van der Waals surface area (Å²) < 4.78 is 0. The van der Waals surface area contributed by atoms with Crippen LogP contribution in [0.15, 0.2) is 18.2 Å². The lowest BCUT2D eigenvalue weighted by Gasteiger charge is -2.23. The molecule has 0 unspecified atom stereocenters. The van der Waals surface area contributed by atoms with E-state index in [-0.39, 0.29) is 13.2 Å². The highest BCUT2D eigenvalue weighted by Gasteiger charge is 2.06. The predicted molar refractivity (Wildman–Crippen MR) is 61.7 cm³/mol. The van der Waals surface area contributed by atoms with Gasteiger partial charge in [0.15, 0.2) is 0 Å². The summed E-state index contributed by atoms with van der Waals surface area (Å²) in [5.41, 5.74) is 13.2. The Balaban J connectivity index is 2.85. The molecule has 1 aromatic rings. The second-order valence-corrected chi connectivity index (χ2v) is 3.25. The Morgan fingerprint density at radius 3 is 2.07 bits per heavy atom. The molecule has 0 bridgehead atoms. The van der Waals surface area contributed by atoms with Gasteiger partial charge in [-0.15, -0.1) is 0 Å². The van der Waals surface area contributed by atoms with E-state index in [9.17, 15) is 0 Å². The van der Waals surface area contributed by atoms with Crippen LogP contribution in [0.1, 0.15) is 0 Å². The van der Waals surface area contributed by atoms with E-state index in [4.69, 9.17) is 21.7 Å². The Labute approximate surface area is 88.9 Å². The molecule has 0 saturated heterocycles. The average molecular weight is 211 g/mol. The van der Waals surface area contributed by atoms with Crippen molar-refractivity contribution < 1.29 is 10.2 Å². The van der Waals surface area contributed by atoms with Gasteiger partial charge in [-0.1, -0.05) is 0 Å². The molecule has 0 fully saturated rings. The van der Waals surface area contributed by atoms with Crippen molar-refractivity contribution in [2.24, 2.45) is 0 Å². The summed E-state index contributed by atoms with van der Waals surface area (Å²) in [6.07, 6.45) is 0. The summed E-state index contributed by atoms with van der Waals surface area (Å²) in [6.45, 7) is 0.988. The van der Waals surface area contributed by atoms with Gasteiger partial charge in [-0.3, -0.25) is 0 Å². The van der Waals surface area contributed by atoms with Crippen molar-refractivity contribution in [2.75, 3.05) is 42.7 Å². The molecule has 0 aromatic heterocycles. The highest BCUT2D eigenvalue weighted by atomic mass is 16.3. The number of nitrogen functional groups attached to an aromatic ring is 2. The van der Waals surface area contributed by atoms with Crippen molar-refractivity contribution in [3.05, 3.63) is 18.2 Å². The monoisotopic (exact) mass is 211 g/mol. The molecule has 84 valence electrons. The van der Waals surface area contributed by atoms with Crippen LogP contribution in [0.3, 0.4) is 0 Å². The lowest BCUT2D eigenvalue weighted by atomic mass is 10.2. The number of nitrogens with two attached hydrogens (primary N) is 2. The summed E-state index contributed by atoms with van der Waals surface area (Å²) >= 11 is 0. The maximum absolute atomic E-state index is 8.87. The second kappa shape index (κ2) is 5.43. The van der Waals surface area contributed by atoms with Gasteiger partial charge in [0, 0.05) is 18.8 Å². The van der Waals surface area contributed by atoms with Crippen LogP contribution >= 0.6 is 0 Å². The van der Waals surface area contributed by atoms with Crippen LogP contribution in [-0.2, 0) is 0 Å². The normalized spacial score (nSPS) is 10.3. The molecular formula is C10H17N3O2. The fourth-order valence-electron chi connectivity index (χ4n) is 1.37. The molecule has 0 aliphatic rings. The number of anilines is 3. The SMILES string of the molecule is Nc1ccc(N(CCO)CCO)cc1N. The summed E-state index contributed by atoms with van der Waals surface area (Å²) in [4.78, 5) is 1.84. The van der Waals surface area contributed by atoms with Crippen molar-refractivity contribution >= 4 is 17.1 Å². The van der Waals surface area contributed by atoms with Gasteiger partial charge in [-0.2, -0.15) is 0 Å². The molecule has 15 heavy (non-hydrogen) atoms. The molecule has 0 aliphatic carbocycles. The van der Waals surface area contributed by atoms with E-state index in [1.54, 1.807) is 12.1 Å². The van der Waals surface area contributed by atoms with Crippen LogP contribution < -0.4 is 16.4 Å². The minimum atomic E-state index is 0.0320. The average Bonchev–Trinajstić information content (AvgIpc) is 2.22. The standard InChI is InChI=1S/C10H17N3O2/c11-9-2-1-8(7-10(9)12)13(3-5-14)4-6-15/h1-2,7,14-15H,3-6,11-12H2. The summed E-state index contributed by atoms with van der Waals surface area (Å²) in [5.74, 6) is 0. The maximum atomic E-state index is 8.87. The number of hydrogen-bond acceptors (Lipinski definition) is 5. The van der Waals surface area contributed by atoms with Crippen molar-refractivity contribution in [3.63, 3.8) is 0 Å². The van der Waals surface area contributed by atoms with Crippen LogP contribution in [0.4, 0.5) is 17.1 Å². The third kappa shape index (κ3) is 3.00. The van der Waals surface area contributed by atoms with Crippen LogP contribution in [0.5, 0.6) is 0 Å². The van der Waals surface area contributed by atoms with Gasteiger partial charge >= 0.3 is 0 Å². The zero-order valence-electron chi connectivity index (χ0n) is 8.56. The van der Waals surface area contributed by atoms with E-state index in [0.717, 1.165) is 5.69 Å². The fourth-order valence-corrected chi connectivity index (χ4v) is 1.37. The van der Waals surface area contributed by atoms with Crippen LogP contribution in [-0.4, -0.2) is 36.5 Å². The highest BCUT2D eigenvalue weighted by molar-refractivity contribution is 5.69.